The molecule has 2 aliphatic heterocycles. The first-order valence-corrected chi connectivity index (χ1v) is 12.7. The van der Waals surface area contributed by atoms with Crippen LogP contribution in [0.1, 0.15) is 57.4 Å². The van der Waals surface area contributed by atoms with Gasteiger partial charge in [0.25, 0.3) is 0 Å². The number of halogens is 2. The number of hydrogen-bond donors (Lipinski definition) is 2. The van der Waals surface area contributed by atoms with Crippen molar-refractivity contribution in [3.05, 3.63) is 52.3 Å². The van der Waals surface area contributed by atoms with Crippen LogP contribution < -0.4 is 5.32 Å². The number of rotatable bonds is 7. The van der Waals surface area contributed by atoms with E-state index in [9.17, 15) is 9.50 Å². The number of fused-ring (bicyclic) bond motifs is 1. The van der Waals surface area contributed by atoms with Crippen LogP contribution in [0.2, 0.25) is 0 Å². The summed E-state index contributed by atoms with van der Waals surface area (Å²) in [7, 11) is 0. The summed E-state index contributed by atoms with van der Waals surface area (Å²) in [5.41, 5.74) is 1.78. The molecule has 5 heteroatoms. The number of anilines is 1. The summed E-state index contributed by atoms with van der Waals surface area (Å²) in [6.07, 6.45) is 14.4. The zero-order chi connectivity index (χ0) is 22.0. The van der Waals surface area contributed by atoms with Crippen molar-refractivity contribution in [2.24, 2.45) is 17.8 Å². The summed E-state index contributed by atoms with van der Waals surface area (Å²) < 4.78 is 15.6. The van der Waals surface area contributed by atoms with Gasteiger partial charge in [0.1, 0.15) is 5.82 Å². The summed E-state index contributed by atoms with van der Waals surface area (Å²) in [6.45, 7) is 7.07. The Morgan fingerprint density at radius 2 is 2.16 bits per heavy atom. The summed E-state index contributed by atoms with van der Waals surface area (Å²) in [4.78, 5) is 2.47. The predicted octanol–water partition coefficient (Wildman–Crippen LogP) is 6.11. The molecule has 170 valence electrons. The number of hydrogen-bond acceptors (Lipinski definition) is 3. The molecule has 0 amide bonds. The van der Waals surface area contributed by atoms with Gasteiger partial charge in [0.2, 0.25) is 0 Å². The second-order valence-corrected chi connectivity index (χ2v) is 10.8. The largest absolute Gasteiger partial charge is 0.395 e. The maximum atomic E-state index is 14.8. The van der Waals surface area contributed by atoms with Crippen LogP contribution >= 0.6 is 15.9 Å². The molecule has 6 atom stereocenters. The average Bonchev–Trinajstić information content (AvgIpc) is 3.21. The van der Waals surface area contributed by atoms with E-state index in [-0.39, 0.29) is 18.5 Å². The minimum absolute atomic E-state index is 0.160. The fourth-order valence-corrected chi connectivity index (χ4v) is 6.40. The monoisotopic (exact) mass is 490 g/mol. The van der Waals surface area contributed by atoms with E-state index in [4.69, 9.17) is 0 Å². The van der Waals surface area contributed by atoms with Gasteiger partial charge >= 0.3 is 0 Å². The molecular weight excluding hydrogens is 455 g/mol. The zero-order valence-electron chi connectivity index (χ0n) is 18.7. The van der Waals surface area contributed by atoms with Gasteiger partial charge in [-0.2, -0.15) is 0 Å². The van der Waals surface area contributed by atoms with Crippen molar-refractivity contribution in [3.63, 3.8) is 0 Å². The quantitative estimate of drug-likeness (QED) is 0.483. The summed E-state index contributed by atoms with van der Waals surface area (Å²) in [5.74, 6) is 1.57. The summed E-state index contributed by atoms with van der Waals surface area (Å²) in [5, 5.41) is 13.3. The molecule has 3 nitrogen and oxygen atoms in total. The summed E-state index contributed by atoms with van der Waals surface area (Å²) >= 11 is 3.49. The fourth-order valence-electron chi connectivity index (χ4n) is 5.95. The van der Waals surface area contributed by atoms with Crippen LogP contribution in [0.3, 0.4) is 0 Å². The van der Waals surface area contributed by atoms with E-state index in [0.717, 1.165) is 48.8 Å². The Labute approximate surface area is 194 Å². The smallest absolute Gasteiger partial charge is 0.147 e. The molecule has 1 fully saturated rings. The minimum Gasteiger partial charge on any atom is -0.395 e. The van der Waals surface area contributed by atoms with Gasteiger partial charge < -0.3 is 10.4 Å². The van der Waals surface area contributed by atoms with Crippen LogP contribution in [-0.2, 0) is 0 Å². The molecule has 2 heterocycles. The van der Waals surface area contributed by atoms with Crippen molar-refractivity contribution in [2.75, 3.05) is 25.0 Å². The van der Waals surface area contributed by atoms with E-state index in [2.05, 4.69) is 70.4 Å². The van der Waals surface area contributed by atoms with Gasteiger partial charge in [0.15, 0.2) is 0 Å². The third-order valence-electron chi connectivity index (χ3n) is 7.71. The van der Waals surface area contributed by atoms with Crippen molar-refractivity contribution in [3.8, 4) is 0 Å². The molecule has 0 saturated carbocycles. The molecule has 1 unspecified atom stereocenters. The number of aliphatic hydroxyl groups excluding tert-OH is 1. The van der Waals surface area contributed by atoms with E-state index in [0.29, 0.717) is 35.4 Å². The minimum atomic E-state index is -0.160. The number of likely N-dealkylation sites (tertiary alicyclic amines) is 1. The van der Waals surface area contributed by atoms with Crippen molar-refractivity contribution in [1.29, 1.82) is 0 Å². The van der Waals surface area contributed by atoms with Crippen LogP contribution in [0, 0.1) is 23.6 Å². The topological polar surface area (TPSA) is 35.5 Å². The Hall–Kier alpha value is -1.17. The van der Waals surface area contributed by atoms with Gasteiger partial charge in [-0.05, 0) is 74.1 Å². The Morgan fingerprint density at radius 3 is 2.90 bits per heavy atom. The van der Waals surface area contributed by atoms with Gasteiger partial charge in [-0.3, -0.25) is 4.90 Å². The average molecular weight is 491 g/mol. The Bertz CT molecular complexity index is 826. The predicted molar refractivity (Wildman–Crippen MR) is 130 cm³/mol. The molecule has 0 spiro atoms. The van der Waals surface area contributed by atoms with Crippen molar-refractivity contribution in [2.45, 2.75) is 64.0 Å². The Kier molecular flexibility index (Phi) is 7.56. The van der Waals surface area contributed by atoms with Crippen molar-refractivity contribution >= 4 is 21.6 Å². The SMILES string of the molecule is C[C@H](CC[C@@H]1[C@H](C)c2cc(Br)cc(F)c2N[C@H]1C1C=CC=CC1)CN1CCC[C@H]1CO. The van der Waals surface area contributed by atoms with E-state index in [1.54, 1.807) is 6.07 Å². The molecule has 1 aromatic rings. The Morgan fingerprint density at radius 1 is 1.32 bits per heavy atom. The molecule has 0 aromatic heterocycles. The standard InChI is InChI=1S/C26H36BrFN2O/c1-17(15-30-12-6-9-21(30)16-31)10-11-22-18(2)23-13-20(27)14-24(28)26(23)29-25(22)19-7-4-3-5-8-19/h3-5,7,13-14,17-19,21-22,25,29,31H,6,8-12,15-16H2,1-2H3/t17-,18+,19?,21+,22-,25+/m1/s1. The molecule has 1 aromatic carbocycles. The van der Waals surface area contributed by atoms with Gasteiger partial charge in [-0.15, -0.1) is 0 Å². The lowest BCUT2D eigenvalue weighted by Crippen LogP contribution is -2.43. The molecular formula is C26H36BrFN2O. The molecule has 1 aliphatic carbocycles. The summed E-state index contributed by atoms with van der Waals surface area (Å²) in [6, 6.07) is 4.25. The van der Waals surface area contributed by atoms with Gasteiger partial charge in [-0.25, -0.2) is 4.39 Å². The third kappa shape index (κ3) is 5.09. The van der Waals surface area contributed by atoms with E-state index in [1.807, 2.05) is 0 Å². The fraction of sp³-hybridized carbons (Fsp3) is 0.615. The first kappa shape index (κ1) is 23.0. The normalized spacial score (nSPS) is 31.5. The van der Waals surface area contributed by atoms with Crippen molar-refractivity contribution in [1.82, 2.24) is 4.90 Å². The van der Waals surface area contributed by atoms with Gasteiger partial charge in [0, 0.05) is 29.0 Å². The number of aliphatic hydroxyl groups is 1. The maximum Gasteiger partial charge on any atom is 0.147 e. The van der Waals surface area contributed by atoms with E-state index in [1.165, 1.54) is 6.42 Å². The van der Waals surface area contributed by atoms with Crippen LogP contribution in [0.5, 0.6) is 0 Å². The number of allylic oxidation sites excluding steroid dienone is 3. The lowest BCUT2D eigenvalue weighted by atomic mass is 9.70. The highest BCUT2D eigenvalue weighted by molar-refractivity contribution is 9.10. The number of nitrogens with one attached hydrogen (secondary N) is 1. The van der Waals surface area contributed by atoms with E-state index < -0.39 is 0 Å². The lowest BCUT2D eigenvalue weighted by molar-refractivity contribution is 0.140. The molecule has 3 aliphatic rings. The van der Waals surface area contributed by atoms with Crippen molar-refractivity contribution < 1.29 is 9.50 Å². The maximum absolute atomic E-state index is 14.8. The van der Waals surface area contributed by atoms with Crippen LogP contribution in [0.4, 0.5) is 10.1 Å². The second-order valence-electron chi connectivity index (χ2n) is 9.84. The zero-order valence-corrected chi connectivity index (χ0v) is 20.3. The van der Waals surface area contributed by atoms with Gasteiger partial charge in [0.05, 0.1) is 12.3 Å². The molecule has 1 saturated heterocycles. The highest BCUT2D eigenvalue weighted by Crippen LogP contribution is 2.46. The molecule has 0 bridgehead atoms. The number of benzene rings is 1. The molecule has 31 heavy (non-hydrogen) atoms. The van der Waals surface area contributed by atoms with Crippen LogP contribution in [0.15, 0.2) is 40.9 Å². The molecule has 4 rings (SSSR count). The highest BCUT2D eigenvalue weighted by atomic mass is 79.9. The highest BCUT2D eigenvalue weighted by Gasteiger charge is 2.39. The number of nitrogens with zero attached hydrogens (tertiary/aromatic N) is 1. The molecule has 0 radical (unpaired) electrons. The van der Waals surface area contributed by atoms with E-state index >= 15 is 0 Å². The lowest BCUT2D eigenvalue weighted by Gasteiger charge is -2.43. The first-order valence-electron chi connectivity index (χ1n) is 11.9. The first-order chi connectivity index (χ1) is 15.0. The van der Waals surface area contributed by atoms with Crippen LogP contribution in [0.25, 0.3) is 0 Å². The second kappa shape index (κ2) is 10.2. The third-order valence-corrected chi connectivity index (χ3v) is 8.17. The Balaban J connectivity index is 1.50. The molecule has 2 N–H and O–H groups in total. The van der Waals surface area contributed by atoms with Gasteiger partial charge in [-0.1, -0.05) is 54.1 Å². The van der Waals surface area contributed by atoms with Crippen LogP contribution in [-0.4, -0.2) is 41.8 Å².